The van der Waals surface area contributed by atoms with E-state index in [1.165, 1.54) is 0 Å². The molecule has 1 aliphatic heterocycles. The van der Waals surface area contributed by atoms with Gasteiger partial charge in [-0.3, -0.25) is 10.1 Å². The van der Waals surface area contributed by atoms with Crippen molar-refractivity contribution in [2.45, 2.75) is 32.9 Å². The molecule has 0 bridgehead atoms. The van der Waals surface area contributed by atoms with Crippen molar-refractivity contribution in [2.75, 3.05) is 19.8 Å². The molecule has 0 radical (unpaired) electrons. The number of benzene rings is 1. The molecular weight excluding hydrogens is 272 g/mol. The molecule has 1 heterocycles. The summed E-state index contributed by atoms with van der Waals surface area (Å²) in [7, 11) is 0. The SMILES string of the molecule is CC(C)CNCc1ccc(OC2CCOC2)c([N+](=O)[O-])c1. The van der Waals surface area contributed by atoms with Crippen LogP contribution in [-0.2, 0) is 11.3 Å². The van der Waals surface area contributed by atoms with Gasteiger partial charge in [0.2, 0.25) is 0 Å². The van der Waals surface area contributed by atoms with E-state index in [4.69, 9.17) is 9.47 Å². The molecule has 0 amide bonds. The fourth-order valence-electron chi connectivity index (χ4n) is 2.21. The second-order valence-corrected chi connectivity index (χ2v) is 5.69. The van der Waals surface area contributed by atoms with Crippen LogP contribution in [0.25, 0.3) is 0 Å². The van der Waals surface area contributed by atoms with Gasteiger partial charge in [0.05, 0.1) is 18.1 Å². The highest BCUT2D eigenvalue weighted by molar-refractivity contribution is 5.48. The van der Waals surface area contributed by atoms with E-state index in [1.54, 1.807) is 12.1 Å². The Morgan fingerprint density at radius 2 is 2.33 bits per heavy atom. The minimum atomic E-state index is -0.392. The van der Waals surface area contributed by atoms with Crippen molar-refractivity contribution in [3.63, 3.8) is 0 Å². The zero-order valence-electron chi connectivity index (χ0n) is 12.5. The van der Waals surface area contributed by atoms with Gasteiger partial charge >= 0.3 is 5.69 Å². The second-order valence-electron chi connectivity index (χ2n) is 5.69. The minimum Gasteiger partial charge on any atom is -0.481 e. The summed E-state index contributed by atoms with van der Waals surface area (Å²) in [5.74, 6) is 0.869. The predicted octanol–water partition coefficient (Wildman–Crippen LogP) is 2.51. The van der Waals surface area contributed by atoms with Gasteiger partial charge in [0.15, 0.2) is 5.75 Å². The van der Waals surface area contributed by atoms with Gasteiger partial charge in [-0.05, 0) is 24.1 Å². The molecule has 1 unspecified atom stereocenters. The molecule has 1 atom stereocenters. The van der Waals surface area contributed by atoms with E-state index in [2.05, 4.69) is 19.2 Å². The van der Waals surface area contributed by atoms with Crippen LogP contribution in [0, 0.1) is 16.0 Å². The minimum absolute atomic E-state index is 0.0192. The first-order chi connectivity index (χ1) is 10.1. The highest BCUT2D eigenvalue weighted by atomic mass is 16.6. The maximum atomic E-state index is 11.2. The van der Waals surface area contributed by atoms with Gasteiger partial charge in [-0.25, -0.2) is 0 Å². The van der Waals surface area contributed by atoms with E-state index in [0.29, 0.717) is 31.4 Å². The third kappa shape index (κ3) is 4.68. The van der Waals surface area contributed by atoms with Crippen LogP contribution in [0.4, 0.5) is 5.69 Å². The lowest BCUT2D eigenvalue weighted by Gasteiger charge is -2.13. The molecule has 0 aromatic heterocycles. The molecule has 1 fully saturated rings. The number of nitro groups is 1. The fourth-order valence-corrected chi connectivity index (χ4v) is 2.21. The van der Waals surface area contributed by atoms with E-state index in [-0.39, 0.29) is 11.8 Å². The van der Waals surface area contributed by atoms with Gasteiger partial charge in [0.1, 0.15) is 6.10 Å². The summed E-state index contributed by atoms with van der Waals surface area (Å²) in [6, 6.07) is 5.13. The van der Waals surface area contributed by atoms with Crippen molar-refractivity contribution in [1.82, 2.24) is 5.32 Å². The number of nitrogens with one attached hydrogen (secondary N) is 1. The number of ether oxygens (including phenoxy) is 2. The van der Waals surface area contributed by atoms with E-state index in [0.717, 1.165) is 18.5 Å². The molecule has 0 saturated carbocycles. The zero-order chi connectivity index (χ0) is 15.2. The lowest BCUT2D eigenvalue weighted by atomic mass is 10.1. The first-order valence-corrected chi connectivity index (χ1v) is 7.28. The maximum absolute atomic E-state index is 11.2. The highest BCUT2D eigenvalue weighted by Crippen LogP contribution is 2.30. The Morgan fingerprint density at radius 1 is 1.52 bits per heavy atom. The average Bonchev–Trinajstić information content (AvgIpc) is 2.92. The second kappa shape index (κ2) is 7.38. The van der Waals surface area contributed by atoms with E-state index < -0.39 is 4.92 Å². The van der Waals surface area contributed by atoms with Crippen LogP contribution in [0.3, 0.4) is 0 Å². The van der Waals surface area contributed by atoms with Crippen molar-refractivity contribution in [1.29, 1.82) is 0 Å². The van der Waals surface area contributed by atoms with Crippen LogP contribution >= 0.6 is 0 Å². The van der Waals surface area contributed by atoms with Gasteiger partial charge in [0.25, 0.3) is 0 Å². The van der Waals surface area contributed by atoms with Crippen LogP contribution in [0.5, 0.6) is 5.75 Å². The summed E-state index contributed by atoms with van der Waals surface area (Å²) in [5.41, 5.74) is 0.906. The molecule has 116 valence electrons. The summed E-state index contributed by atoms with van der Waals surface area (Å²) >= 11 is 0. The lowest BCUT2D eigenvalue weighted by Crippen LogP contribution is -2.19. The summed E-state index contributed by atoms with van der Waals surface area (Å²) in [6.45, 7) is 6.88. The van der Waals surface area contributed by atoms with Gasteiger partial charge in [-0.2, -0.15) is 0 Å². The zero-order valence-corrected chi connectivity index (χ0v) is 12.5. The summed E-state index contributed by atoms with van der Waals surface area (Å²) in [4.78, 5) is 10.8. The van der Waals surface area contributed by atoms with Crippen molar-refractivity contribution in [3.05, 3.63) is 33.9 Å². The summed E-state index contributed by atoms with van der Waals surface area (Å²) in [5, 5.41) is 14.5. The number of nitrogens with zero attached hydrogens (tertiary/aromatic N) is 1. The van der Waals surface area contributed by atoms with Crippen LogP contribution in [0.1, 0.15) is 25.8 Å². The Kier molecular flexibility index (Phi) is 5.52. The van der Waals surface area contributed by atoms with Crippen LogP contribution in [0.15, 0.2) is 18.2 Å². The Labute approximate surface area is 124 Å². The molecular formula is C15H22N2O4. The Morgan fingerprint density at radius 3 is 2.95 bits per heavy atom. The molecule has 1 N–H and O–H groups in total. The lowest BCUT2D eigenvalue weighted by molar-refractivity contribution is -0.386. The molecule has 1 aromatic carbocycles. The topological polar surface area (TPSA) is 73.6 Å². The molecule has 6 heteroatoms. The molecule has 6 nitrogen and oxygen atoms in total. The predicted molar refractivity (Wildman–Crippen MR) is 79.5 cm³/mol. The molecule has 1 aliphatic rings. The van der Waals surface area contributed by atoms with Crippen molar-refractivity contribution >= 4 is 5.69 Å². The number of hydrogen-bond acceptors (Lipinski definition) is 5. The quantitative estimate of drug-likeness (QED) is 0.618. The largest absolute Gasteiger partial charge is 0.481 e. The number of hydrogen-bond donors (Lipinski definition) is 1. The van der Waals surface area contributed by atoms with Crippen LogP contribution in [0.2, 0.25) is 0 Å². The summed E-state index contributed by atoms with van der Waals surface area (Å²) in [6.07, 6.45) is 0.683. The molecule has 0 aliphatic carbocycles. The molecule has 1 saturated heterocycles. The van der Waals surface area contributed by atoms with Crippen molar-refractivity contribution in [2.24, 2.45) is 5.92 Å². The Balaban J connectivity index is 2.05. The van der Waals surface area contributed by atoms with Crippen molar-refractivity contribution in [3.8, 4) is 5.75 Å². The van der Waals surface area contributed by atoms with Gasteiger partial charge in [-0.15, -0.1) is 0 Å². The van der Waals surface area contributed by atoms with Gasteiger partial charge < -0.3 is 14.8 Å². The van der Waals surface area contributed by atoms with Gasteiger partial charge in [0, 0.05) is 19.0 Å². The number of rotatable bonds is 7. The highest BCUT2D eigenvalue weighted by Gasteiger charge is 2.22. The maximum Gasteiger partial charge on any atom is 0.311 e. The van der Waals surface area contributed by atoms with Crippen LogP contribution in [-0.4, -0.2) is 30.8 Å². The monoisotopic (exact) mass is 294 g/mol. The van der Waals surface area contributed by atoms with Crippen molar-refractivity contribution < 1.29 is 14.4 Å². The first kappa shape index (κ1) is 15.7. The van der Waals surface area contributed by atoms with Gasteiger partial charge in [-0.1, -0.05) is 19.9 Å². The normalized spacial score (nSPS) is 18.1. The summed E-state index contributed by atoms with van der Waals surface area (Å²) < 4.78 is 10.9. The van der Waals surface area contributed by atoms with E-state index >= 15 is 0 Å². The molecule has 21 heavy (non-hydrogen) atoms. The van der Waals surface area contributed by atoms with E-state index in [9.17, 15) is 10.1 Å². The molecule has 0 spiro atoms. The molecule has 1 aromatic rings. The molecule has 2 rings (SSSR count). The van der Waals surface area contributed by atoms with E-state index in [1.807, 2.05) is 6.07 Å². The number of nitro benzene ring substituents is 1. The average molecular weight is 294 g/mol. The smallest absolute Gasteiger partial charge is 0.311 e. The Hall–Kier alpha value is -1.66. The fraction of sp³-hybridized carbons (Fsp3) is 0.600. The third-order valence-corrected chi connectivity index (χ3v) is 3.28. The Bertz CT molecular complexity index is 485. The third-order valence-electron chi connectivity index (χ3n) is 3.28. The first-order valence-electron chi connectivity index (χ1n) is 7.28. The standard InChI is InChI=1S/C15H22N2O4/c1-11(2)8-16-9-12-3-4-15(14(7-12)17(18)19)21-13-5-6-20-10-13/h3-4,7,11,13,16H,5-6,8-10H2,1-2H3. The van der Waals surface area contributed by atoms with Crippen LogP contribution < -0.4 is 10.1 Å².